The van der Waals surface area contributed by atoms with Gasteiger partial charge in [-0.25, -0.2) is 0 Å². The molecule has 0 saturated carbocycles. The van der Waals surface area contributed by atoms with E-state index in [0.717, 1.165) is 38.6 Å². The third-order valence-corrected chi connectivity index (χ3v) is 5.95. The summed E-state index contributed by atoms with van der Waals surface area (Å²) in [5, 5.41) is 10.0. The van der Waals surface area contributed by atoms with Crippen LogP contribution in [0.3, 0.4) is 0 Å². The molecule has 4 nitrogen and oxygen atoms in total. The summed E-state index contributed by atoms with van der Waals surface area (Å²) in [5.41, 5.74) is 4.48. The van der Waals surface area contributed by atoms with Crippen molar-refractivity contribution < 1.29 is 14.7 Å². The molecular weight excluding hydrogens is 418 g/mol. The molecule has 0 radical (unpaired) electrons. The van der Waals surface area contributed by atoms with Crippen LogP contribution >= 0.6 is 15.9 Å². The van der Waals surface area contributed by atoms with Crippen LogP contribution in [0.5, 0.6) is 0 Å². The van der Waals surface area contributed by atoms with Crippen LogP contribution in [0.15, 0.2) is 46.9 Å². The summed E-state index contributed by atoms with van der Waals surface area (Å²) in [6.07, 6.45) is 1.41. The minimum absolute atomic E-state index is 0.0646. The van der Waals surface area contributed by atoms with Crippen molar-refractivity contribution in [1.82, 2.24) is 4.57 Å². The molecule has 0 spiro atoms. The molecule has 0 unspecified atom stereocenters. The molecule has 0 saturated heterocycles. The molecule has 1 aliphatic rings. The monoisotopic (exact) mass is 439 g/mol. The topological polar surface area (TPSA) is 59.3 Å². The zero-order valence-corrected chi connectivity index (χ0v) is 17.5. The van der Waals surface area contributed by atoms with Crippen molar-refractivity contribution in [3.63, 3.8) is 0 Å². The molecule has 0 aliphatic heterocycles. The van der Waals surface area contributed by atoms with Crippen LogP contribution in [-0.2, 0) is 13.0 Å². The molecule has 0 fully saturated rings. The molecule has 0 amide bonds. The average molecular weight is 440 g/mol. The smallest absolute Gasteiger partial charge is 0.188 e. The molecule has 3 aromatic rings. The van der Waals surface area contributed by atoms with Crippen LogP contribution in [0.4, 0.5) is 0 Å². The van der Waals surface area contributed by atoms with E-state index >= 15 is 0 Å². The summed E-state index contributed by atoms with van der Waals surface area (Å²) < 4.78 is 3.20. The first kappa shape index (κ1) is 19.1. The molecule has 144 valence electrons. The van der Waals surface area contributed by atoms with Gasteiger partial charge in [0.1, 0.15) is 6.61 Å². The maximum absolute atomic E-state index is 13.0. The van der Waals surface area contributed by atoms with Gasteiger partial charge in [0.15, 0.2) is 11.6 Å². The highest BCUT2D eigenvalue weighted by Crippen LogP contribution is 2.40. The number of ketones is 2. The van der Waals surface area contributed by atoms with Gasteiger partial charge in [-0.3, -0.25) is 9.59 Å². The van der Waals surface area contributed by atoms with Gasteiger partial charge in [0.2, 0.25) is 0 Å². The molecule has 1 heterocycles. The lowest BCUT2D eigenvalue weighted by Crippen LogP contribution is -2.28. The molecule has 0 atom stereocenters. The van der Waals surface area contributed by atoms with Gasteiger partial charge in [0.05, 0.1) is 0 Å². The molecule has 4 rings (SSSR count). The number of nitrogens with zero attached hydrogens (tertiary/aromatic N) is 1. The summed E-state index contributed by atoms with van der Waals surface area (Å²) >= 11 is 3.53. The zero-order chi connectivity index (χ0) is 20.1. The number of fused-ring (bicyclic) bond motifs is 3. The van der Waals surface area contributed by atoms with Crippen LogP contribution < -0.4 is 0 Å². The lowest BCUT2D eigenvalue weighted by molar-refractivity contribution is 0.0899. The molecule has 5 heteroatoms. The highest BCUT2D eigenvalue weighted by Gasteiger charge is 2.35. The van der Waals surface area contributed by atoms with Crippen LogP contribution in [0.1, 0.15) is 52.2 Å². The minimum Gasteiger partial charge on any atom is -0.388 e. The predicted octanol–water partition coefficient (Wildman–Crippen LogP) is 4.78. The number of hydrogen-bond donors (Lipinski definition) is 1. The Kier molecular flexibility index (Phi) is 4.76. The van der Waals surface area contributed by atoms with E-state index < -0.39 is 6.61 Å². The normalized spacial score (nSPS) is 15.6. The van der Waals surface area contributed by atoms with Gasteiger partial charge in [0.25, 0.3) is 0 Å². The van der Waals surface area contributed by atoms with Crippen LogP contribution in [0, 0.1) is 5.41 Å². The number of Topliss-reactive ketones (excluding diaryl/α,β-unsaturated/α-hetero) is 2. The number of carbonyl (C=O) groups is 2. The van der Waals surface area contributed by atoms with Crippen molar-refractivity contribution in [1.29, 1.82) is 0 Å². The second kappa shape index (κ2) is 6.98. The van der Waals surface area contributed by atoms with E-state index in [2.05, 4.69) is 40.4 Å². The van der Waals surface area contributed by atoms with E-state index in [1.165, 1.54) is 0 Å². The van der Waals surface area contributed by atoms with Crippen molar-refractivity contribution in [2.45, 2.75) is 33.2 Å². The summed E-state index contributed by atoms with van der Waals surface area (Å²) in [6, 6.07) is 13.4. The van der Waals surface area contributed by atoms with Crippen molar-refractivity contribution in [2.75, 3.05) is 6.61 Å². The van der Waals surface area contributed by atoms with Crippen molar-refractivity contribution in [3.8, 4) is 0 Å². The second-order valence-electron chi connectivity index (χ2n) is 8.29. The Labute approximate surface area is 172 Å². The molecular formula is C23H22BrNO3. The van der Waals surface area contributed by atoms with Gasteiger partial charge in [-0.15, -0.1) is 0 Å². The summed E-state index contributed by atoms with van der Waals surface area (Å²) in [4.78, 5) is 24.6. The summed E-state index contributed by atoms with van der Waals surface area (Å²) in [6.45, 7) is 4.42. The Morgan fingerprint density at radius 1 is 1.14 bits per heavy atom. The fourth-order valence-corrected chi connectivity index (χ4v) is 4.53. The standard InChI is InChI=1S/C23H22BrNO3/c1-23(2)10-19-22(20(27)11-23)17-9-16(24)7-8-18(17)25(19)12-14-3-5-15(6-4-14)21(28)13-26/h3-9,26H,10-13H2,1-2H3. The molecule has 1 aromatic heterocycles. The fourth-order valence-electron chi connectivity index (χ4n) is 4.16. The number of aliphatic hydroxyl groups excluding tert-OH is 1. The molecule has 28 heavy (non-hydrogen) atoms. The Hall–Kier alpha value is -2.24. The van der Waals surface area contributed by atoms with E-state index in [9.17, 15) is 9.59 Å². The lowest BCUT2D eigenvalue weighted by atomic mass is 9.75. The number of benzene rings is 2. The Morgan fingerprint density at radius 2 is 1.86 bits per heavy atom. The van der Waals surface area contributed by atoms with Gasteiger partial charge >= 0.3 is 0 Å². The van der Waals surface area contributed by atoms with Crippen LogP contribution in [0.2, 0.25) is 0 Å². The molecule has 0 bridgehead atoms. The quantitative estimate of drug-likeness (QED) is 0.594. The zero-order valence-electron chi connectivity index (χ0n) is 16.0. The van der Waals surface area contributed by atoms with E-state index in [-0.39, 0.29) is 17.0 Å². The first-order valence-corrected chi connectivity index (χ1v) is 10.2. The van der Waals surface area contributed by atoms with E-state index in [0.29, 0.717) is 18.5 Å². The van der Waals surface area contributed by atoms with Crippen molar-refractivity contribution >= 4 is 38.4 Å². The number of hydrogen-bond acceptors (Lipinski definition) is 3. The van der Waals surface area contributed by atoms with E-state index in [1.807, 2.05) is 24.3 Å². The highest BCUT2D eigenvalue weighted by atomic mass is 79.9. The first-order valence-electron chi connectivity index (χ1n) is 9.36. The third-order valence-electron chi connectivity index (χ3n) is 5.46. The van der Waals surface area contributed by atoms with Gasteiger partial charge in [-0.2, -0.15) is 0 Å². The number of carbonyl (C=O) groups excluding carboxylic acids is 2. The van der Waals surface area contributed by atoms with Gasteiger partial charge in [-0.05, 0) is 35.6 Å². The number of halogens is 1. The number of rotatable bonds is 4. The molecule has 1 N–H and O–H groups in total. The SMILES string of the molecule is CC1(C)CC(=O)c2c(n(Cc3ccc(C(=O)CO)cc3)c3ccc(Br)cc23)C1. The van der Waals surface area contributed by atoms with Gasteiger partial charge in [-0.1, -0.05) is 54.0 Å². The lowest BCUT2D eigenvalue weighted by Gasteiger charge is -2.30. The highest BCUT2D eigenvalue weighted by molar-refractivity contribution is 9.10. The summed E-state index contributed by atoms with van der Waals surface area (Å²) in [7, 11) is 0. The molecule has 1 aliphatic carbocycles. The van der Waals surface area contributed by atoms with E-state index in [4.69, 9.17) is 5.11 Å². The van der Waals surface area contributed by atoms with Gasteiger partial charge in [0, 0.05) is 45.2 Å². The number of aromatic nitrogens is 1. The van der Waals surface area contributed by atoms with Crippen LogP contribution in [0.25, 0.3) is 10.9 Å². The maximum atomic E-state index is 13.0. The third kappa shape index (κ3) is 3.33. The predicted molar refractivity (Wildman–Crippen MR) is 113 cm³/mol. The average Bonchev–Trinajstić information content (AvgIpc) is 2.93. The van der Waals surface area contributed by atoms with Crippen molar-refractivity contribution in [2.24, 2.45) is 5.41 Å². The summed E-state index contributed by atoms with van der Waals surface area (Å²) in [5.74, 6) is -0.0791. The van der Waals surface area contributed by atoms with Crippen molar-refractivity contribution in [3.05, 3.63) is 69.3 Å². The second-order valence-corrected chi connectivity index (χ2v) is 9.20. The Balaban J connectivity index is 1.83. The Morgan fingerprint density at radius 3 is 2.54 bits per heavy atom. The number of aliphatic hydroxyl groups is 1. The van der Waals surface area contributed by atoms with Crippen LogP contribution in [-0.4, -0.2) is 27.8 Å². The largest absolute Gasteiger partial charge is 0.388 e. The fraction of sp³-hybridized carbons (Fsp3) is 0.304. The van der Waals surface area contributed by atoms with E-state index in [1.54, 1.807) is 12.1 Å². The minimum atomic E-state index is -0.485. The Bertz CT molecular complexity index is 1090. The first-order chi connectivity index (χ1) is 13.3. The van der Waals surface area contributed by atoms with Gasteiger partial charge < -0.3 is 9.67 Å². The maximum Gasteiger partial charge on any atom is 0.188 e. The molecule has 2 aromatic carbocycles.